The number of aromatic nitrogens is 1. The van der Waals surface area contributed by atoms with Crippen LogP contribution < -0.4 is 10.5 Å². The predicted octanol–water partition coefficient (Wildman–Crippen LogP) is 2.63. The van der Waals surface area contributed by atoms with E-state index in [1.165, 1.54) is 0 Å². The quantitative estimate of drug-likeness (QED) is 0.881. The first-order valence-electron chi connectivity index (χ1n) is 6.01. The van der Waals surface area contributed by atoms with Crippen molar-refractivity contribution in [2.24, 2.45) is 5.14 Å². The summed E-state index contributed by atoms with van der Waals surface area (Å²) in [4.78, 5) is 3.88. The minimum atomic E-state index is -3.82. The summed E-state index contributed by atoms with van der Waals surface area (Å²) < 4.78 is 49.3. The van der Waals surface area contributed by atoms with Crippen LogP contribution in [-0.2, 0) is 10.0 Å². The summed E-state index contributed by atoms with van der Waals surface area (Å²) in [6.45, 7) is 1.79. The minimum Gasteiger partial charge on any atom is -0.355 e. The van der Waals surface area contributed by atoms with Crippen molar-refractivity contribution in [2.75, 3.05) is 5.32 Å². The van der Waals surface area contributed by atoms with Crippen LogP contribution in [0, 0.1) is 11.6 Å². The summed E-state index contributed by atoms with van der Waals surface area (Å²) in [5.74, 6) is -1.09. The first kappa shape index (κ1) is 15.8. The Morgan fingerprint density at radius 3 is 2.71 bits per heavy atom. The molecule has 0 bridgehead atoms. The van der Waals surface area contributed by atoms with Gasteiger partial charge in [-0.1, -0.05) is 18.3 Å². The Kier molecular flexibility index (Phi) is 4.55. The highest BCUT2D eigenvalue weighted by Gasteiger charge is 2.18. The molecule has 1 aromatic carbocycles. The largest absolute Gasteiger partial charge is 0.355 e. The van der Waals surface area contributed by atoms with Gasteiger partial charge in [0.2, 0.25) is 10.0 Å². The topological polar surface area (TPSA) is 85.1 Å². The number of hydrogen-bond donors (Lipinski definition) is 2. The van der Waals surface area contributed by atoms with E-state index >= 15 is 0 Å². The Morgan fingerprint density at radius 1 is 1.43 bits per heavy atom. The van der Waals surface area contributed by atoms with Crippen molar-refractivity contribution < 1.29 is 17.2 Å². The molecule has 0 amide bonds. The number of nitrogens with zero attached hydrogens (tertiary/aromatic N) is 1. The summed E-state index contributed by atoms with van der Waals surface area (Å²) in [5.41, 5.74) is 0.157. The van der Waals surface area contributed by atoms with Crippen molar-refractivity contribution in [2.45, 2.75) is 23.6 Å². The zero-order valence-electron chi connectivity index (χ0n) is 11.0. The van der Waals surface area contributed by atoms with Gasteiger partial charge in [0.1, 0.15) is 11.6 Å². The van der Waals surface area contributed by atoms with Crippen LogP contribution in [0.1, 0.15) is 24.9 Å². The van der Waals surface area contributed by atoms with Crippen LogP contribution in [0.25, 0.3) is 0 Å². The van der Waals surface area contributed by atoms with E-state index < -0.39 is 27.7 Å². The van der Waals surface area contributed by atoms with E-state index in [0.717, 1.165) is 35.7 Å². The molecule has 0 spiro atoms. The van der Waals surface area contributed by atoms with Crippen molar-refractivity contribution in [1.82, 2.24) is 4.98 Å². The third-order valence-electron chi connectivity index (χ3n) is 2.80. The maximum atomic E-state index is 13.8. The number of sulfonamides is 1. The van der Waals surface area contributed by atoms with Crippen LogP contribution in [0.15, 0.2) is 28.6 Å². The second-order valence-electron chi connectivity index (χ2n) is 4.30. The molecule has 114 valence electrons. The molecule has 21 heavy (non-hydrogen) atoms. The summed E-state index contributed by atoms with van der Waals surface area (Å²) in [6.07, 6.45) is 1.58. The van der Waals surface area contributed by atoms with Crippen LogP contribution in [0.2, 0.25) is 0 Å². The SMILES string of the molecule is CC[C@@H](Nc1ncc(S(N)(=O)=O)s1)c1cc(F)ccc1F. The maximum Gasteiger partial charge on any atom is 0.249 e. The maximum absolute atomic E-state index is 13.8. The molecule has 0 aliphatic heterocycles. The number of benzene rings is 1. The van der Waals surface area contributed by atoms with Gasteiger partial charge in [0.15, 0.2) is 9.34 Å². The zero-order valence-corrected chi connectivity index (χ0v) is 12.6. The molecule has 2 aromatic rings. The molecule has 0 aliphatic rings. The number of nitrogens with two attached hydrogens (primary N) is 1. The highest BCUT2D eigenvalue weighted by molar-refractivity contribution is 7.91. The molecular weight excluding hydrogens is 320 g/mol. The van der Waals surface area contributed by atoms with Crippen LogP contribution in [-0.4, -0.2) is 13.4 Å². The molecule has 0 radical (unpaired) electrons. The Morgan fingerprint density at radius 2 is 2.14 bits per heavy atom. The standard InChI is InChI=1S/C12H13F2N3O2S2/c1-2-10(8-5-7(13)3-4-9(8)14)17-12-16-6-11(20-12)21(15,18)19/h3-6,10H,2H2,1H3,(H,16,17)(H2,15,18,19)/t10-/m1/s1. The Balaban J connectivity index is 2.27. The fraction of sp³-hybridized carbons (Fsp3) is 0.250. The third-order valence-corrected chi connectivity index (χ3v) is 5.14. The monoisotopic (exact) mass is 333 g/mol. The number of thiazole rings is 1. The lowest BCUT2D eigenvalue weighted by atomic mass is 10.0. The fourth-order valence-electron chi connectivity index (χ4n) is 1.79. The molecule has 3 N–H and O–H groups in total. The van der Waals surface area contributed by atoms with Crippen molar-refractivity contribution in [3.8, 4) is 0 Å². The first-order chi connectivity index (χ1) is 9.81. The number of nitrogens with one attached hydrogen (secondary N) is 1. The fourth-order valence-corrected chi connectivity index (χ4v) is 3.29. The molecule has 1 heterocycles. The highest BCUT2D eigenvalue weighted by atomic mass is 32.2. The zero-order chi connectivity index (χ0) is 15.6. The van der Waals surface area contributed by atoms with Gasteiger partial charge in [0, 0.05) is 5.56 Å². The lowest BCUT2D eigenvalue weighted by Crippen LogP contribution is -2.12. The number of hydrogen-bond acceptors (Lipinski definition) is 5. The van der Waals surface area contributed by atoms with Crippen LogP contribution in [0.5, 0.6) is 0 Å². The first-order valence-corrected chi connectivity index (χ1v) is 8.37. The van der Waals surface area contributed by atoms with E-state index in [9.17, 15) is 17.2 Å². The van der Waals surface area contributed by atoms with E-state index in [2.05, 4.69) is 10.3 Å². The average Bonchev–Trinajstić information content (AvgIpc) is 2.87. The van der Waals surface area contributed by atoms with E-state index in [1.807, 2.05) is 0 Å². The van der Waals surface area contributed by atoms with Gasteiger partial charge in [-0.25, -0.2) is 27.3 Å². The molecule has 0 saturated heterocycles. The van der Waals surface area contributed by atoms with Gasteiger partial charge in [0.05, 0.1) is 12.2 Å². The number of halogens is 2. The predicted molar refractivity (Wildman–Crippen MR) is 76.5 cm³/mol. The number of anilines is 1. The lowest BCUT2D eigenvalue weighted by Gasteiger charge is -2.17. The van der Waals surface area contributed by atoms with Gasteiger partial charge >= 0.3 is 0 Å². The molecule has 1 aromatic heterocycles. The Labute approximate surface area is 124 Å². The number of primary sulfonamides is 1. The molecule has 2 rings (SSSR count). The summed E-state index contributed by atoms with van der Waals surface area (Å²) in [5, 5.41) is 8.15. The van der Waals surface area contributed by atoms with Gasteiger partial charge in [-0.05, 0) is 24.6 Å². The van der Waals surface area contributed by atoms with Crippen LogP contribution in [0.3, 0.4) is 0 Å². The normalized spacial score (nSPS) is 13.1. The molecule has 0 aliphatic carbocycles. The molecule has 0 saturated carbocycles. The molecule has 5 nitrogen and oxygen atoms in total. The smallest absolute Gasteiger partial charge is 0.249 e. The number of rotatable bonds is 5. The van der Waals surface area contributed by atoms with E-state index in [4.69, 9.17) is 5.14 Å². The lowest BCUT2D eigenvalue weighted by molar-refractivity contribution is 0.567. The van der Waals surface area contributed by atoms with Gasteiger partial charge in [-0.15, -0.1) is 0 Å². The second kappa shape index (κ2) is 6.04. The summed E-state index contributed by atoms with van der Waals surface area (Å²) in [7, 11) is -3.82. The van der Waals surface area contributed by atoms with Crippen molar-refractivity contribution in [3.63, 3.8) is 0 Å². The van der Waals surface area contributed by atoms with E-state index in [1.54, 1.807) is 6.92 Å². The van der Waals surface area contributed by atoms with E-state index in [-0.39, 0.29) is 14.9 Å². The molecule has 0 unspecified atom stereocenters. The third kappa shape index (κ3) is 3.74. The van der Waals surface area contributed by atoms with Crippen LogP contribution >= 0.6 is 11.3 Å². The molecule has 1 atom stereocenters. The molecular formula is C12H13F2N3O2S2. The Hall–Kier alpha value is -1.58. The van der Waals surface area contributed by atoms with Gasteiger partial charge in [-0.3, -0.25) is 0 Å². The average molecular weight is 333 g/mol. The summed E-state index contributed by atoms with van der Waals surface area (Å²) >= 11 is 0.837. The van der Waals surface area contributed by atoms with Gasteiger partial charge in [-0.2, -0.15) is 0 Å². The summed E-state index contributed by atoms with van der Waals surface area (Å²) in [6, 6.07) is 2.66. The van der Waals surface area contributed by atoms with Crippen molar-refractivity contribution in [1.29, 1.82) is 0 Å². The van der Waals surface area contributed by atoms with Crippen molar-refractivity contribution >= 4 is 26.5 Å². The van der Waals surface area contributed by atoms with Crippen LogP contribution in [0.4, 0.5) is 13.9 Å². The second-order valence-corrected chi connectivity index (χ2v) is 7.12. The van der Waals surface area contributed by atoms with Gasteiger partial charge in [0.25, 0.3) is 0 Å². The minimum absolute atomic E-state index is 0.0976. The van der Waals surface area contributed by atoms with E-state index in [0.29, 0.717) is 6.42 Å². The van der Waals surface area contributed by atoms with Gasteiger partial charge < -0.3 is 5.32 Å². The molecule has 9 heteroatoms. The molecule has 0 fully saturated rings. The Bertz CT molecular complexity index is 747. The van der Waals surface area contributed by atoms with Crippen molar-refractivity contribution in [3.05, 3.63) is 41.6 Å². The highest BCUT2D eigenvalue weighted by Crippen LogP contribution is 2.29.